The topological polar surface area (TPSA) is 74.0 Å². The average Bonchev–Trinajstić information content (AvgIpc) is 2.06. The van der Waals surface area contributed by atoms with Crippen molar-refractivity contribution in [2.45, 2.75) is 6.18 Å². The first-order valence-corrected chi connectivity index (χ1v) is 3.57. The lowest BCUT2D eigenvalue weighted by Crippen LogP contribution is -2.28. The number of rotatable bonds is 0. The number of hydrogen-bond donors (Lipinski definition) is 2. The van der Waals surface area contributed by atoms with Crippen LogP contribution in [0.2, 0.25) is 0 Å². The van der Waals surface area contributed by atoms with Gasteiger partial charge in [0, 0.05) is 7.05 Å². The molecule has 0 spiro atoms. The number of nitrogens with two attached hydrogens (primary N) is 2. The number of hydrogen-bond acceptors (Lipinski definition) is 3. The first-order chi connectivity index (χ1) is 6.25. The van der Waals surface area contributed by atoms with Gasteiger partial charge in [0.2, 0.25) is 0 Å². The minimum atomic E-state index is -4.62. The summed E-state index contributed by atoms with van der Waals surface area (Å²) in [4.78, 5) is 11.1. The van der Waals surface area contributed by atoms with Crippen molar-refractivity contribution in [3.8, 4) is 0 Å². The zero-order valence-electron chi connectivity index (χ0n) is 7.22. The van der Waals surface area contributed by atoms with Gasteiger partial charge in [-0.05, 0) is 6.07 Å². The van der Waals surface area contributed by atoms with Crippen molar-refractivity contribution in [1.82, 2.24) is 4.57 Å². The molecule has 4 N–H and O–H groups in total. The van der Waals surface area contributed by atoms with E-state index in [2.05, 4.69) is 0 Å². The number of alkyl halides is 3. The standard InChI is InChI=1S/C7H8F3N3O/c1-13-4(7(8,9)10)2-3(11)5(12)6(13)14/h2H,11-12H2,1H3. The van der Waals surface area contributed by atoms with Crippen molar-refractivity contribution < 1.29 is 13.2 Å². The van der Waals surface area contributed by atoms with E-state index in [9.17, 15) is 18.0 Å². The van der Waals surface area contributed by atoms with E-state index in [1.165, 1.54) is 0 Å². The largest absolute Gasteiger partial charge is 0.431 e. The second kappa shape index (κ2) is 2.93. The third-order valence-electron chi connectivity index (χ3n) is 1.79. The minimum Gasteiger partial charge on any atom is -0.397 e. The third-order valence-corrected chi connectivity index (χ3v) is 1.79. The van der Waals surface area contributed by atoms with Gasteiger partial charge in [-0.1, -0.05) is 0 Å². The van der Waals surface area contributed by atoms with Crippen LogP contribution in [-0.2, 0) is 13.2 Å². The zero-order chi connectivity index (χ0) is 11.1. The van der Waals surface area contributed by atoms with Crippen LogP contribution in [0, 0.1) is 0 Å². The van der Waals surface area contributed by atoms with Crippen LogP contribution in [0.3, 0.4) is 0 Å². The van der Waals surface area contributed by atoms with Crippen molar-refractivity contribution in [1.29, 1.82) is 0 Å². The highest BCUT2D eigenvalue weighted by Crippen LogP contribution is 2.29. The molecule has 4 nitrogen and oxygen atoms in total. The fourth-order valence-corrected chi connectivity index (χ4v) is 1.01. The molecule has 0 radical (unpaired) electrons. The number of nitrogen functional groups attached to an aromatic ring is 2. The summed E-state index contributed by atoms with van der Waals surface area (Å²) >= 11 is 0. The Morgan fingerprint density at radius 1 is 1.36 bits per heavy atom. The predicted molar refractivity (Wildman–Crippen MR) is 45.5 cm³/mol. The molecule has 78 valence electrons. The Balaban J connectivity index is 3.58. The Kier molecular flexibility index (Phi) is 2.18. The fraction of sp³-hybridized carbons (Fsp3) is 0.286. The van der Waals surface area contributed by atoms with Crippen LogP contribution < -0.4 is 17.0 Å². The molecule has 1 aromatic rings. The lowest BCUT2D eigenvalue weighted by atomic mass is 10.2. The van der Waals surface area contributed by atoms with Crippen LogP contribution in [0.25, 0.3) is 0 Å². The van der Waals surface area contributed by atoms with Gasteiger partial charge in [0.1, 0.15) is 11.4 Å². The Labute approximate surface area is 76.9 Å². The Hall–Kier alpha value is -1.66. The number of anilines is 2. The monoisotopic (exact) mass is 207 g/mol. The van der Waals surface area contributed by atoms with Crippen LogP contribution in [0.4, 0.5) is 24.5 Å². The highest BCUT2D eigenvalue weighted by Gasteiger charge is 2.34. The third kappa shape index (κ3) is 1.52. The van der Waals surface area contributed by atoms with Gasteiger partial charge in [-0.3, -0.25) is 4.79 Å². The molecular weight excluding hydrogens is 199 g/mol. The van der Waals surface area contributed by atoms with E-state index >= 15 is 0 Å². The minimum absolute atomic E-state index is 0.361. The van der Waals surface area contributed by atoms with E-state index in [1.54, 1.807) is 0 Å². The lowest BCUT2D eigenvalue weighted by molar-refractivity contribution is -0.143. The summed E-state index contributed by atoms with van der Waals surface area (Å²) in [6.45, 7) is 0. The van der Waals surface area contributed by atoms with E-state index in [4.69, 9.17) is 11.5 Å². The Bertz CT molecular complexity index is 421. The summed E-state index contributed by atoms with van der Waals surface area (Å²) in [5.74, 6) is 0. The smallest absolute Gasteiger partial charge is 0.397 e. The molecule has 0 saturated carbocycles. The van der Waals surface area contributed by atoms with Crippen LogP contribution in [0.5, 0.6) is 0 Å². The molecule has 0 aliphatic rings. The molecule has 1 aromatic heterocycles. The molecule has 0 aromatic carbocycles. The summed E-state index contributed by atoms with van der Waals surface area (Å²) in [5, 5.41) is 0. The maximum atomic E-state index is 12.3. The highest BCUT2D eigenvalue weighted by molar-refractivity contribution is 5.62. The molecular formula is C7H8F3N3O. The maximum Gasteiger partial charge on any atom is 0.431 e. The Morgan fingerprint density at radius 3 is 2.29 bits per heavy atom. The van der Waals surface area contributed by atoms with Crippen LogP contribution in [-0.4, -0.2) is 4.57 Å². The van der Waals surface area contributed by atoms with Crippen LogP contribution >= 0.6 is 0 Å². The molecule has 0 amide bonds. The summed E-state index contributed by atoms with van der Waals surface area (Å²) in [6, 6.07) is 0.636. The second-order valence-corrected chi connectivity index (χ2v) is 2.76. The molecule has 0 atom stereocenters. The fourth-order valence-electron chi connectivity index (χ4n) is 1.01. The molecule has 7 heteroatoms. The van der Waals surface area contributed by atoms with Gasteiger partial charge in [-0.15, -0.1) is 0 Å². The number of halogens is 3. The molecule has 0 aliphatic heterocycles. The Morgan fingerprint density at radius 2 is 1.86 bits per heavy atom. The second-order valence-electron chi connectivity index (χ2n) is 2.76. The highest BCUT2D eigenvalue weighted by atomic mass is 19.4. The van der Waals surface area contributed by atoms with Crippen LogP contribution in [0.15, 0.2) is 10.9 Å². The molecule has 0 bridgehead atoms. The zero-order valence-corrected chi connectivity index (χ0v) is 7.22. The number of nitrogens with zero attached hydrogens (tertiary/aromatic N) is 1. The average molecular weight is 207 g/mol. The van der Waals surface area contributed by atoms with Crippen LogP contribution in [0.1, 0.15) is 5.69 Å². The van der Waals surface area contributed by atoms with Crippen molar-refractivity contribution in [2.75, 3.05) is 11.5 Å². The van der Waals surface area contributed by atoms with Gasteiger partial charge in [0.25, 0.3) is 5.56 Å². The molecule has 1 heterocycles. The number of aromatic nitrogens is 1. The maximum absolute atomic E-state index is 12.3. The quantitative estimate of drug-likeness (QED) is 0.653. The number of pyridine rings is 1. The SMILES string of the molecule is Cn1c(C(F)(F)F)cc(N)c(N)c1=O. The summed E-state index contributed by atoms with van der Waals surface area (Å²) in [6.07, 6.45) is -4.62. The first kappa shape index (κ1) is 10.4. The first-order valence-electron chi connectivity index (χ1n) is 3.57. The van der Waals surface area contributed by atoms with Crippen molar-refractivity contribution in [3.63, 3.8) is 0 Å². The molecule has 0 aliphatic carbocycles. The van der Waals surface area contributed by atoms with E-state index in [0.717, 1.165) is 7.05 Å². The van der Waals surface area contributed by atoms with Gasteiger partial charge < -0.3 is 16.0 Å². The van der Waals surface area contributed by atoms with Gasteiger partial charge in [-0.25, -0.2) is 0 Å². The molecule has 1 rings (SSSR count). The van der Waals surface area contributed by atoms with Crippen molar-refractivity contribution in [2.24, 2.45) is 7.05 Å². The lowest BCUT2D eigenvalue weighted by Gasteiger charge is -2.13. The van der Waals surface area contributed by atoms with E-state index in [-0.39, 0.29) is 11.4 Å². The normalized spacial score (nSPS) is 11.7. The van der Waals surface area contributed by atoms with Crippen molar-refractivity contribution in [3.05, 3.63) is 22.1 Å². The van der Waals surface area contributed by atoms with E-state index < -0.39 is 17.4 Å². The van der Waals surface area contributed by atoms with Gasteiger partial charge in [0.05, 0.1) is 5.69 Å². The molecule has 0 fully saturated rings. The summed E-state index contributed by atoms with van der Waals surface area (Å²) < 4.78 is 37.3. The van der Waals surface area contributed by atoms with E-state index in [1.807, 2.05) is 0 Å². The van der Waals surface area contributed by atoms with Gasteiger partial charge >= 0.3 is 6.18 Å². The predicted octanol–water partition coefficient (Wildman–Crippen LogP) is 0.569. The van der Waals surface area contributed by atoms with Gasteiger partial charge in [-0.2, -0.15) is 13.2 Å². The molecule has 14 heavy (non-hydrogen) atoms. The molecule has 0 saturated heterocycles. The van der Waals surface area contributed by atoms with Crippen molar-refractivity contribution >= 4 is 11.4 Å². The van der Waals surface area contributed by atoms with E-state index in [0.29, 0.717) is 10.6 Å². The van der Waals surface area contributed by atoms with Gasteiger partial charge in [0.15, 0.2) is 0 Å². The molecule has 0 unspecified atom stereocenters. The summed E-state index contributed by atoms with van der Waals surface area (Å²) in [7, 11) is 0.987. The summed E-state index contributed by atoms with van der Waals surface area (Å²) in [5.41, 5.74) is 7.52.